The summed E-state index contributed by atoms with van der Waals surface area (Å²) >= 11 is 1.72. The second-order valence-electron chi connectivity index (χ2n) is 5.26. The van der Waals surface area contributed by atoms with Crippen LogP contribution in [-0.4, -0.2) is 20.2 Å². The van der Waals surface area contributed by atoms with Crippen molar-refractivity contribution in [3.63, 3.8) is 0 Å². The van der Waals surface area contributed by atoms with Gasteiger partial charge in [-0.2, -0.15) is 4.68 Å². The zero-order valence-corrected chi connectivity index (χ0v) is 13.3. The minimum Gasteiger partial charge on any atom is -0.425 e. The summed E-state index contributed by atoms with van der Waals surface area (Å²) in [5.41, 5.74) is 0.905. The highest BCUT2D eigenvalue weighted by Crippen LogP contribution is 2.33. The van der Waals surface area contributed by atoms with Crippen LogP contribution in [0.5, 0.6) is 5.75 Å². The van der Waals surface area contributed by atoms with Crippen LogP contribution in [-0.2, 0) is 5.41 Å². The van der Waals surface area contributed by atoms with Gasteiger partial charge in [-0.25, -0.2) is 4.39 Å². The summed E-state index contributed by atoms with van der Waals surface area (Å²) in [4.78, 5) is 0. The molecule has 0 fully saturated rings. The SMILES string of the molecule is Cc1nnnn1-c1cc(C(C)(C)C)c(F)cc1OI. The van der Waals surface area contributed by atoms with E-state index in [1.807, 2.05) is 20.8 Å². The normalized spacial score (nSPS) is 11.7. The third-order valence-corrected chi connectivity index (χ3v) is 3.27. The van der Waals surface area contributed by atoms with Crippen LogP contribution in [0.25, 0.3) is 5.69 Å². The Morgan fingerprint density at radius 3 is 2.47 bits per heavy atom. The standard InChI is InChI=1S/C12H14FIN4O/c1-7-15-16-17-18(7)10-5-8(12(2,3)4)9(13)6-11(10)19-14/h5-6H,1-4H3. The molecular weight excluding hydrogens is 362 g/mol. The molecule has 0 saturated carbocycles. The molecule has 102 valence electrons. The van der Waals surface area contributed by atoms with Crippen molar-refractivity contribution in [2.45, 2.75) is 33.1 Å². The molecule has 2 rings (SSSR count). The molecule has 0 N–H and O–H groups in total. The summed E-state index contributed by atoms with van der Waals surface area (Å²) < 4.78 is 20.8. The number of hydrogen-bond donors (Lipinski definition) is 0. The maximum atomic E-state index is 14.1. The van der Waals surface area contributed by atoms with Crippen LogP contribution in [0.3, 0.4) is 0 Å². The maximum absolute atomic E-state index is 14.1. The van der Waals surface area contributed by atoms with Gasteiger partial charge in [-0.1, -0.05) is 20.8 Å². The Hall–Kier alpha value is -1.25. The molecule has 0 radical (unpaired) electrons. The lowest BCUT2D eigenvalue weighted by atomic mass is 9.86. The summed E-state index contributed by atoms with van der Waals surface area (Å²) in [6, 6.07) is 3.09. The summed E-state index contributed by atoms with van der Waals surface area (Å²) in [5.74, 6) is 0.705. The third kappa shape index (κ3) is 2.70. The van der Waals surface area contributed by atoms with Crippen molar-refractivity contribution in [3.05, 3.63) is 29.3 Å². The highest BCUT2D eigenvalue weighted by molar-refractivity contribution is 14.1. The van der Waals surface area contributed by atoms with E-state index in [4.69, 9.17) is 3.07 Å². The molecule has 0 aliphatic carbocycles. The first-order chi connectivity index (χ1) is 8.84. The first-order valence-corrected chi connectivity index (χ1v) is 6.60. The van der Waals surface area contributed by atoms with Crippen molar-refractivity contribution in [3.8, 4) is 11.4 Å². The fourth-order valence-corrected chi connectivity index (χ4v) is 2.15. The third-order valence-electron chi connectivity index (χ3n) is 2.79. The van der Waals surface area contributed by atoms with Crippen molar-refractivity contribution in [1.82, 2.24) is 20.2 Å². The van der Waals surface area contributed by atoms with E-state index in [1.54, 1.807) is 36.0 Å². The van der Waals surface area contributed by atoms with Gasteiger partial charge in [0.2, 0.25) is 0 Å². The Balaban J connectivity index is 2.69. The molecule has 1 aromatic carbocycles. The molecule has 5 nitrogen and oxygen atoms in total. The number of rotatable bonds is 2. The van der Waals surface area contributed by atoms with Crippen LogP contribution in [0.15, 0.2) is 12.1 Å². The van der Waals surface area contributed by atoms with E-state index in [0.717, 1.165) is 0 Å². The van der Waals surface area contributed by atoms with Gasteiger partial charge in [0.15, 0.2) is 34.6 Å². The second-order valence-corrected chi connectivity index (χ2v) is 5.71. The zero-order chi connectivity index (χ0) is 14.2. The lowest BCUT2D eigenvalue weighted by Gasteiger charge is -2.21. The van der Waals surface area contributed by atoms with Crippen molar-refractivity contribution < 1.29 is 7.46 Å². The van der Waals surface area contributed by atoms with E-state index in [-0.39, 0.29) is 11.2 Å². The Bertz CT molecular complexity index is 606. The van der Waals surface area contributed by atoms with Crippen LogP contribution in [0, 0.1) is 12.7 Å². The van der Waals surface area contributed by atoms with E-state index in [0.29, 0.717) is 22.8 Å². The first kappa shape index (κ1) is 14.2. The molecule has 0 spiro atoms. The van der Waals surface area contributed by atoms with Crippen LogP contribution < -0.4 is 3.07 Å². The van der Waals surface area contributed by atoms with Crippen LogP contribution in [0.4, 0.5) is 4.39 Å². The number of hydrogen-bond acceptors (Lipinski definition) is 4. The highest BCUT2D eigenvalue weighted by Gasteiger charge is 2.23. The highest BCUT2D eigenvalue weighted by atomic mass is 127. The van der Waals surface area contributed by atoms with E-state index in [9.17, 15) is 4.39 Å². The smallest absolute Gasteiger partial charge is 0.192 e. The van der Waals surface area contributed by atoms with E-state index in [1.165, 1.54) is 10.7 Å². The predicted octanol–water partition coefficient (Wildman–Crippen LogP) is 3.14. The molecule has 0 aliphatic heterocycles. The Labute approximate surface area is 124 Å². The fourth-order valence-electron chi connectivity index (χ4n) is 1.80. The van der Waals surface area contributed by atoms with Crippen molar-refractivity contribution in [2.75, 3.05) is 0 Å². The van der Waals surface area contributed by atoms with Crippen LogP contribution >= 0.6 is 23.0 Å². The molecule has 1 aromatic heterocycles. The molecule has 2 aromatic rings. The minimum absolute atomic E-state index is 0.298. The summed E-state index contributed by atoms with van der Waals surface area (Å²) in [7, 11) is 0. The van der Waals surface area contributed by atoms with E-state index < -0.39 is 0 Å². The predicted molar refractivity (Wildman–Crippen MR) is 77.2 cm³/mol. The van der Waals surface area contributed by atoms with Gasteiger partial charge in [-0.05, 0) is 34.4 Å². The van der Waals surface area contributed by atoms with Crippen molar-refractivity contribution >= 4 is 23.0 Å². The maximum Gasteiger partial charge on any atom is 0.192 e. The Morgan fingerprint density at radius 1 is 1.32 bits per heavy atom. The molecule has 1 heterocycles. The van der Waals surface area contributed by atoms with Gasteiger partial charge >= 0.3 is 0 Å². The number of benzene rings is 1. The molecule has 0 amide bonds. The Kier molecular flexibility index (Phi) is 3.75. The number of halogens is 2. The van der Waals surface area contributed by atoms with Crippen LogP contribution in [0.2, 0.25) is 0 Å². The van der Waals surface area contributed by atoms with Gasteiger partial charge in [0, 0.05) is 6.07 Å². The van der Waals surface area contributed by atoms with Crippen molar-refractivity contribution in [2.24, 2.45) is 0 Å². The molecule has 0 saturated heterocycles. The van der Waals surface area contributed by atoms with Gasteiger partial charge < -0.3 is 3.07 Å². The largest absolute Gasteiger partial charge is 0.425 e. The fraction of sp³-hybridized carbons (Fsp3) is 0.417. The summed E-state index contributed by atoms with van der Waals surface area (Å²) in [5, 5.41) is 11.3. The summed E-state index contributed by atoms with van der Waals surface area (Å²) in [6.45, 7) is 7.63. The lowest BCUT2D eigenvalue weighted by Crippen LogP contribution is -2.15. The second kappa shape index (κ2) is 5.03. The Morgan fingerprint density at radius 2 is 2.00 bits per heavy atom. The van der Waals surface area contributed by atoms with E-state index >= 15 is 0 Å². The van der Waals surface area contributed by atoms with E-state index in [2.05, 4.69) is 15.5 Å². The van der Waals surface area contributed by atoms with Gasteiger partial charge in [0.25, 0.3) is 0 Å². The lowest BCUT2D eigenvalue weighted by molar-refractivity contribution is 0.517. The number of aromatic nitrogens is 4. The molecule has 0 unspecified atom stereocenters. The average Bonchev–Trinajstić information content (AvgIpc) is 2.73. The van der Waals surface area contributed by atoms with Gasteiger partial charge in [0.1, 0.15) is 11.5 Å². The monoisotopic (exact) mass is 376 g/mol. The topological polar surface area (TPSA) is 52.8 Å². The molecule has 0 atom stereocenters. The van der Waals surface area contributed by atoms with Crippen LogP contribution in [0.1, 0.15) is 32.2 Å². The molecule has 7 heteroatoms. The number of aryl methyl sites for hydroxylation is 1. The van der Waals surface area contributed by atoms with Crippen molar-refractivity contribution in [1.29, 1.82) is 0 Å². The summed E-state index contributed by atoms with van der Waals surface area (Å²) in [6.07, 6.45) is 0. The molecule has 19 heavy (non-hydrogen) atoms. The molecule has 0 aliphatic rings. The van der Waals surface area contributed by atoms with Gasteiger partial charge in [-0.3, -0.25) is 0 Å². The average molecular weight is 376 g/mol. The zero-order valence-electron chi connectivity index (χ0n) is 11.1. The number of nitrogens with zero attached hydrogens (tertiary/aromatic N) is 4. The number of tetrazole rings is 1. The molecular formula is C12H14FIN4O. The van der Waals surface area contributed by atoms with Gasteiger partial charge in [-0.15, -0.1) is 5.10 Å². The van der Waals surface area contributed by atoms with Gasteiger partial charge in [0.05, 0.1) is 0 Å². The molecule has 0 bridgehead atoms. The first-order valence-electron chi connectivity index (χ1n) is 5.72. The minimum atomic E-state index is -0.315. The quantitative estimate of drug-likeness (QED) is 0.756.